The van der Waals surface area contributed by atoms with Gasteiger partial charge in [-0.15, -0.1) is 0 Å². The van der Waals surface area contributed by atoms with E-state index in [1.165, 1.54) is 12.8 Å². The van der Waals surface area contributed by atoms with Crippen LogP contribution >= 0.6 is 0 Å². The van der Waals surface area contributed by atoms with Crippen LogP contribution in [0.1, 0.15) is 42.7 Å². The van der Waals surface area contributed by atoms with E-state index in [4.69, 9.17) is 0 Å². The molecule has 0 saturated carbocycles. The lowest BCUT2D eigenvalue weighted by molar-refractivity contribution is 0.0918. The van der Waals surface area contributed by atoms with Gasteiger partial charge in [0.25, 0.3) is 11.5 Å². The number of hydrogen-bond donors (Lipinski definition) is 2. The highest BCUT2D eigenvalue weighted by Gasteiger charge is 2.19. The maximum absolute atomic E-state index is 12.1. The van der Waals surface area contributed by atoms with Crippen molar-refractivity contribution in [2.24, 2.45) is 5.92 Å². The van der Waals surface area contributed by atoms with E-state index in [0.29, 0.717) is 0 Å². The third-order valence-electron chi connectivity index (χ3n) is 3.95. The number of H-pyrrole nitrogens is 1. The molecule has 0 aliphatic carbocycles. The Bertz CT molecular complexity index is 553. The molecule has 116 valence electrons. The van der Waals surface area contributed by atoms with Crippen LogP contribution in [0.15, 0.2) is 16.9 Å². The summed E-state index contributed by atoms with van der Waals surface area (Å²) in [5.41, 5.74) is 0.609. The molecule has 1 saturated heterocycles. The topological polar surface area (TPSA) is 65.2 Å². The lowest BCUT2D eigenvalue weighted by Gasteiger charge is -2.32. The van der Waals surface area contributed by atoms with E-state index in [1.807, 2.05) is 6.92 Å². The Hall–Kier alpha value is -1.62. The van der Waals surface area contributed by atoms with E-state index in [9.17, 15) is 9.59 Å². The zero-order chi connectivity index (χ0) is 15.4. The number of aromatic amines is 1. The summed E-state index contributed by atoms with van der Waals surface area (Å²) in [7, 11) is 0. The molecule has 1 aromatic rings. The summed E-state index contributed by atoms with van der Waals surface area (Å²) in [6.07, 6.45) is 2.51. The van der Waals surface area contributed by atoms with Gasteiger partial charge in [0.1, 0.15) is 5.56 Å². The molecule has 1 amide bonds. The summed E-state index contributed by atoms with van der Waals surface area (Å²) < 4.78 is 0. The van der Waals surface area contributed by atoms with Crippen LogP contribution in [0, 0.1) is 12.8 Å². The Kier molecular flexibility index (Phi) is 5.17. The molecule has 2 heterocycles. The lowest BCUT2D eigenvalue weighted by Crippen LogP contribution is -2.45. The molecular weight excluding hydrogens is 266 g/mol. The minimum absolute atomic E-state index is 0.0310. The number of aryl methyl sites for hydroxylation is 1. The van der Waals surface area contributed by atoms with Gasteiger partial charge in [-0.05, 0) is 51.3 Å². The maximum atomic E-state index is 12.1. The predicted molar refractivity (Wildman–Crippen MR) is 83.6 cm³/mol. The normalized spacial score (nSPS) is 21.0. The Morgan fingerprint density at radius 3 is 2.95 bits per heavy atom. The van der Waals surface area contributed by atoms with E-state index in [2.05, 4.69) is 22.1 Å². The van der Waals surface area contributed by atoms with Gasteiger partial charge >= 0.3 is 0 Å². The predicted octanol–water partition coefficient (Wildman–Crippen LogP) is 1.53. The molecule has 1 aliphatic heterocycles. The van der Waals surface area contributed by atoms with Crippen LogP contribution in [0.25, 0.3) is 0 Å². The van der Waals surface area contributed by atoms with E-state index in [0.717, 1.165) is 31.2 Å². The highest BCUT2D eigenvalue weighted by Crippen LogP contribution is 2.15. The molecule has 0 spiro atoms. The minimum Gasteiger partial charge on any atom is -0.348 e. The summed E-state index contributed by atoms with van der Waals surface area (Å²) in [5, 5.41) is 2.92. The highest BCUT2D eigenvalue weighted by molar-refractivity contribution is 5.93. The van der Waals surface area contributed by atoms with Crippen LogP contribution in [0.2, 0.25) is 0 Å². The third-order valence-corrected chi connectivity index (χ3v) is 3.95. The van der Waals surface area contributed by atoms with Gasteiger partial charge in [0.15, 0.2) is 0 Å². The smallest absolute Gasteiger partial charge is 0.260 e. The van der Waals surface area contributed by atoms with Crippen LogP contribution in [0.4, 0.5) is 0 Å². The summed E-state index contributed by atoms with van der Waals surface area (Å²) in [6, 6.07) is 3.36. The van der Waals surface area contributed by atoms with Gasteiger partial charge in [-0.1, -0.05) is 6.92 Å². The van der Waals surface area contributed by atoms with Gasteiger partial charge in [-0.2, -0.15) is 0 Å². The molecule has 1 aliphatic rings. The molecule has 2 atom stereocenters. The van der Waals surface area contributed by atoms with Crippen molar-refractivity contribution in [2.75, 3.05) is 19.6 Å². The monoisotopic (exact) mass is 291 g/mol. The van der Waals surface area contributed by atoms with Crippen molar-refractivity contribution in [1.29, 1.82) is 0 Å². The number of amides is 1. The van der Waals surface area contributed by atoms with Crippen LogP contribution < -0.4 is 10.9 Å². The standard InChI is InChI=1S/C16H25N3O2/c1-11-5-4-8-19(9-11)10-13(3)18-16(21)14-7-6-12(2)17-15(14)20/h6-7,11,13H,4-5,8-10H2,1-3H3,(H,17,20)(H,18,21)/t11-,13-/m1/s1. The van der Waals surface area contributed by atoms with Crippen molar-refractivity contribution in [1.82, 2.24) is 15.2 Å². The fourth-order valence-electron chi connectivity index (χ4n) is 2.94. The molecule has 5 nitrogen and oxygen atoms in total. The molecule has 0 unspecified atom stereocenters. The minimum atomic E-state index is -0.328. The van der Waals surface area contributed by atoms with Crippen molar-refractivity contribution < 1.29 is 4.79 Å². The number of aromatic nitrogens is 1. The van der Waals surface area contributed by atoms with Crippen molar-refractivity contribution in [3.63, 3.8) is 0 Å². The maximum Gasteiger partial charge on any atom is 0.260 e. The van der Waals surface area contributed by atoms with Crippen molar-refractivity contribution in [3.05, 3.63) is 33.7 Å². The second-order valence-corrected chi connectivity index (χ2v) is 6.27. The first kappa shape index (κ1) is 15.8. The van der Waals surface area contributed by atoms with E-state index < -0.39 is 0 Å². The first-order chi connectivity index (χ1) is 9.95. The fraction of sp³-hybridized carbons (Fsp3) is 0.625. The zero-order valence-corrected chi connectivity index (χ0v) is 13.1. The number of nitrogens with one attached hydrogen (secondary N) is 2. The average Bonchev–Trinajstić information content (AvgIpc) is 2.38. The number of pyridine rings is 1. The van der Waals surface area contributed by atoms with Crippen molar-refractivity contribution in [3.8, 4) is 0 Å². The average molecular weight is 291 g/mol. The van der Waals surface area contributed by atoms with Crippen molar-refractivity contribution in [2.45, 2.75) is 39.7 Å². The van der Waals surface area contributed by atoms with Crippen LogP contribution in [-0.4, -0.2) is 41.5 Å². The second-order valence-electron chi connectivity index (χ2n) is 6.27. The number of hydrogen-bond acceptors (Lipinski definition) is 3. The first-order valence-electron chi connectivity index (χ1n) is 7.69. The van der Waals surface area contributed by atoms with E-state index in [1.54, 1.807) is 19.1 Å². The SMILES string of the molecule is Cc1ccc(C(=O)N[C@H](C)CN2CCC[C@@H](C)C2)c(=O)[nH]1. The molecule has 2 N–H and O–H groups in total. The number of carbonyl (C=O) groups is 1. The zero-order valence-electron chi connectivity index (χ0n) is 13.1. The van der Waals surface area contributed by atoms with Gasteiger partial charge in [0.2, 0.25) is 0 Å². The number of carbonyl (C=O) groups excluding carboxylic acids is 1. The van der Waals surface area contributed by atoms with Gasteiger partial charge in [-0.3, -0.25) is 9.59 Å². The molecule has 0 aromatic carbocycles. The summed E-state index contributed by atoms with van der Waals surface area (Å²) in [5.74, 6) is 0.426. The third kappa shape index (κ3) is 4.43. The molecule has 21 heavy (non-hydrogen) atoms. The largest absolute Gasteiger partial charge is 0.348 e. The number of likely N-dealkylation sites (tertiary alicyclic amines) is 1. The van der Waals surface area contributed by atoms with Gasteiger partial charge in [0.05, 0.1) is 0 Å². The molecule has 0 radical (unpaired) electrons. The second kappa shape index (κ2) is 6.89. The van der Waals surface area contributed by atoms with Gasteiger partial charge in [0, 0.05) is 24.8 Å². The first-order valence-corrected chi connectivity index (χ1v) is 7.69. The molecule has 1 aromatic heterocycles. The lowest BCUT2D eigenvalue weighted by atomic mass is 10.00. The Labute approximate surface area is 125 Å². The molecule has 0 bridgehead atoms. The van der Waals surface area contributed by atoms with Crippen molar-refractivity contribution >= 4 is 5.91 Å². The van der Waals surface area contributed by atoms with Gasteiger partial charge < -0.3 is 15.2 Å². The molecular formula is C16H25N3O2. The number of piperidine rings is 1. The number of rotatable bonds is 4. The Morgan fingerprint density at radius 1 is 1.52 bits per heavy atom. The number of nitrogens with zero attached hydrogens (tertiary/aromatic N) is 1. The Morgan fingerprint density at radius 2 is 2.29 bits per heavy atom. The molecule has 2 rings (SSSR count). The fourth-order valence-corrected chi connectivity index (χ4v) is 2.94. The quantitative estimate of drug-likeness (QED) is 0.884. The van der Waals surface area contributed by atoms with E-state index in [-0.39, 0.29) is 23.1 Å². The van der Waals surface area contributed by atoms with Crippen LogP contribution in [-0.2, 0) is 0 Å². The summed E-state index contributed by atoms with van der Waals surface area (Å²) >= 11 is 0. The summed E-state index contributed by atoms with van der Waals surface area (Å²) in [6.45, 7) is 9.06. The molecule has 1 fully saturated rings. The van der Waals surface area contributed by atoms with Gasteiger partial charge in [-0.25, -0.2) is 0 Å². The summed E-state index contributed by atoms with van der Waals surface area (Å²) in [4.78, 5) is 29.0. The highest BCUT2D eigenvalue weighted by atomic mass is 16.2. The van der Waals surface area contributed by atoms with Crippen LogP contribution in [0.5, 0.6) is 0 Å². The van der Waals surface area contributed by atoms with Crippen LogP contribution in [0.3, 0.4) is 0 Å². The molecule has 5 heteroatoms. The Balaban J connectivity index is 1.91. The van der Waals surface area contributed by atoms with E-state index >= 15 is 0 Å².